The molecule has 0 spiro atoms. The molecule has 0 N–H and O–H groups in total. The van der Waals surface area contributed by atoms with Gasteiger partial charge in [-0.15, -0.1) is 0 Å². The third-order valence-electron chi connectivity index (χ3n) is 5.14. The first-order valence-corrected chi connectivity index (χ1v) is 9.53. The molecule has 0 bridgehead atoms. The van der Waals surface area contributed by atoms with Crippen molar-refractivity contribution in [3.8, 4) is 11.8 Å². The first-order valence-electron chi connectivity index (χ1n) is 9.53. The number of hydrogen-bond acceptors (Lipinski definition) is 3. The highest BCUT2D eigenvalue weighted by atomic mass is 15.1. The Bertz CT molecular complexity index is 1200. The molecule has 4 aromatic rings. The maximum atomic E-state index is 9.33. The zero-order valence-corrected chi connectivity index (χ0v) is 16.7. The van der Waals surface area contributed by atoms with Crippen LogP contribution in [0.4, 0.5) is 0 Å². The number of aryl methyl sites for hydroxylation is 4. The molecule has 0 fully saturated rings. The smallest absolute Gasteiger partial charge is 0.160 e. The monoisotopic (exact) mass is 369 g/mol. The van der Waals surface area contributed by atoms with Gasteiger partial charge in [-0.3, -0.25) is 0 Å². The molecular formula is C23H23N5. The van der Waals surface area contributed by atoms with Crippen LogP contribution >= 0.6 is 0 Å². The van der Waals surface area contributed by atoms with Crippen molar-refractivity contribution in [2.75, 3.05) is 0 Å². The first kappa shape index (κ1) is 18.0. The minimum Gasteiger partial charge on any atom is -0.308 e. The van der Waals surface area contributed by atoms with Crippen molar-refractivity contribution in [2.45, 2.75) is 40.7 Å². The molecule has 0 amide bonds. The summed E-state index contributed by atoms with van der Waals surface area (Å²) in [5, 5.41) is 9.33. The van der Waals surface area contributed by atoms with E-state index in [0.29, 0.717) is 5.69 Å². The van der Waals surface area contributed by atoms with Gasteiger partial charge in [0.2, 0.25) is 0 Å². The zero-order chi connectivity index (χ0) is 19.8. The third kappa shape index (κ3) is 2.97. The van der Waals surface area contributed by atoms with Gasteiger partial charge >= 0.3 is 0 Å². The predicted molar refractivity (Wildman–Crippen MR) is 111 cm³/mol. The number of nitriles is 1. The van der Waals surface area contributed by atoms with E-state index in [1.807, 2.05) is 30.5 Å². The van der Waals surface area contributed by atoms with Crippen LogP contribution in [0, 0.1) is 32.1 Å². The van der Waals surface area contributed by atoms with E-state index in [1.165, 1.54) is 11.1 Å². The van der Waals surface area contributed by atoms with E-state index < -0.39 is 0 Å². The standard InChI is InChI=1S/C23H23N5/c1-5-21-26-22-15(2)12-16(3)25-23(22)27(21)14-18-7-10-19(11-8-18)28-17(4)6-9-20(28)13-24/h6-12H,5,14H2,1-4H3. The van der Waals surface area contributed by atoms with Gasteiger partial charge in [0, 0.05) is 23.5 Å². The molecule has 28 heavy (non-hydrogen) atoms. The molecule has 0 unspecified atom stereocenters. The van der Waals surface area contributed by atoms with Crippen molar-refractivity contribution in [1.82, 2.24) is 19.1 Å². The van der Waals surface area contributed by atoms with Gasteiger partial charge in [-0.1, -0.05) is 19.1 Å². The van der Waals surface area contributed by atoms with Crippen molar-refractivity contribution in [1.29, 1.82) is 5.26 Å². The molecule has 0 aliphatic heterocycles. The second-order valence-electron chi connectivity index (χ2n) is 7.19. The first-order chi connectivity index (χ1) is 13.5. The summed E-state index contributed by atoms with van der Waals surface area (Å²) in [6, 6.07) is 16.5. The number of benzene rings is 1. The average molecular weight is 369 g/mol. The fraction of sp³-hybridized carbons (Fsp3) is 0.261. The van der Waals surface area contributed by atoms with E-state index in [0.717, 1.165) is 47.0 Å². The van der Waals surface area contributed by atoms with Gasteiger partial charge in [0.1, 0.15) is 23.1 Å². The molecule has 0 atom stereocenters. The summed E-state index contributed by atoms with van der Waals surface area (Å²) in [5.74, 6) is 1.05. The summed E-state index contributed by atoms with van der Waals surface area (Å²) in [6.45, 7) is 8.98. The Morgan fingerprint density at radius 1 is 1.00 bits per heavy atom. The highest BCUT2D eigenvalue weighted by Gasteiger charge is 2.14. The number of rotatable bonds is 4. The van der Waals surface area contributed by atoms with Crippen LogP contribution in [0.15, 0.2) is 42.5 Å². The largest absolute Gasteiger partial charge is 0.308 e. The highest BCUT2D eigenvalue weighted by molar-refractivity contribution is 5.76. The maximum absolute atomic E-state index is 9.33. The molecule has 5 heteroatoms. The number of pyridine rings is 1. The highest BCUT2D eigenvalue weighted by Crippen LogP contribution is 2.22. The Hall–Kier alpha value is -3.39. The molecule has 3 heterocycles. The van der Waals surface area contributed by atoms with Gasteiger partial charge in [-0.25, -0.2) is 9.97 Å². The van der Waals surface area contributed by atoms with Crippen LogP contribution in [0.1, 0.15) is 41.0 Å². The van der Waals surface area contributed by atoms with E-state index in [2.05, 4.69) is 54.8 Å². The van der Waals surface area contributed by atoms with E-state index in [1.54, 1.807) is 0 Å². The Morgan fingerprint density at radius 3 is 2.43 bits per heavy atom. The summed E-state index contributed by atoms with van der Waals surface area (Å²) in [7, 11) is 0. The molecule has 0 saturated heterocycles. The Labute approximate surface area is 164 Å². The average Bonchev–Trinajstić information content (AvgIpc) is 3.23. The normalized spacial score (nSPS) is 11.1. The fourth-order valence-corrected chi connectivity index (χ4v) is 3.79. The lowest BCUT2D eigenvalue weighted by Crippen LogP contribution is -2.06. The van der Waals surface area contributed by atoms with Crippen LogP contribution in [0.25, 0.3) is 16.9 Å². The van der Waals surface area contributed by atoms with Crippen LogP contribution in [-0.4, -0.2) is 19.1 Å². The van der Waals surface area contributed by atoms with Crippen molar-refractivity contribution >= 4 is 11.2 Å². The Kier molecular flexibility index (Phi) is 4.48. The van der Waals surface area contributed by atoms with E-state index >= 15 is 0 Å². The van der Waals surface area contributed by atoms with Crippen molar-refractivity contribution in [3.63, 3.8) is 0 Å². The van der Waals surface area contributed by atoms with Crippen LogP contribution in [0.3, 0.4) is 0 Å². The van der Waals surface area contributed by atoms with Gasteiger partial charge in [-0.05, 0) is 62.2 Å². The minimum atomic E-state index is 0.647. The van der Waals surface area contributed by atoms with E-state index in [4.69, 9.17) is 9.97 Å². The second-order valence-corrected chi connectivity index (χ2v) is 7.19. The lowest BCUT2D eigenvalue weighted by Gasteiger charge is -2.11. The molecule has 4 rings (SSSR count). The van der Waals surface area contributed by atoms with Gasteiger partial charge in [0.05, 0.1) is 6.54 Å². The fourth-order valence-electron chi connectivity index (χ4n) is 3.79. The summed E-state index contributed by atoms with van der Waals surface area (Å²) in [5.41, 5.74) is 7.99. The number of imidazole rings is 1. The lowest BCUT2D eigenvalue weighted by atomic mass is 10.2. The van der Waals surface area contributed by atoms with Crippen LogP contribution in [0.5, 0.6) is 0 Å². The SMILES string of the molecule is CCc1nc2c(C)cc(C)nc2n1Cc1ccc(-n2c(C)ccc2C#N)cc1. The Balaban J connectivity index is 1.73. The quantitative estimate of drug-likeness (QED) is 0.527. The molecule has 5 nitrogen and oxygen atoms in total. The summed E-state index contributed by atoms with van der Waals surface area (Å²) in [6.07, 6.45) is 0.862. The summed E-state index contributed by atoms with van der Waals surface area (Å²) >= 11 is 0. The summed E-state index contributed by atoms with van der Waals surface area (Å²) in [4.78, 5) is 9.57. The van der Waals surface area contributed by atoms with Gasteiger partial charge < -0.3 is 9.13 Å². The van der Waals surface area contributed by atoms with Crippen LogP contribution < -0.4 is 0 Å². The van der Waals surface area contributed by atoms with E-state index in [-0.39, 0.29) is 0 Å². The van der Waals surface area contributed by atoms with Gasteiger partial charge in [0.25, 0.3) is 0 Å². The van der Waals surface area contributed by atoms with E-state index in [9.17, 15) is 5.26 Å². The van der Waals surface area contributed by atoms with Crippen LogP contribution in [-0.2, 0) is 13.0 Å². The Morgan fingerprint density at radius 2 is 1.75 bits per heavy atom. The number of aromatic nitrogens is 4. The minimum absolute atomic E-state index is 0.647. The molecule has 3 aromatic heterocycles. The third-order valence-corrected chi connectivity index (χ3v) is 5.14. The van der Waals surface area contributed by atoms with Crippen molar-refractivity contribution in [2.24, 2.45) is 0 Å². The predicted octanol–water partition coefficient (Wildman–Crippen LogP) is 4.63. The molecule has 0 aliphatic rings. The van der Waals surface area contributed by atoms with Gasteiger partial charge in [0.15, 0.2) is 5.65 Å². The number of fused-ring (bicyclic) bond motifs is 1. The molecule has 1 aromatic carbocycles. The molecule has 0 aliphatic carbocycles. The topological polar surface area (TPSA) is 59.4 Å². The summed E-state index contributed by atoms with van der Waals surface area (Å²) < 4.78 is 4.19. The molecule has 0 saturated carbocycles. The molecule has 0 radical (unpaired) electrons. The lowest BCUT2D eigenvalue weighted by molar-refractivity contribution is 0.745. The molecular weight excluding hydrogens is 346 g/mol. The maximum Gasteiger partial charge on any atom is 0.160 e. The second kappa shape index (κ2) is 6.97. The van der Waals surface area contributed by atoms with Crippen LogP contribution in [0.2, 0.25) is 0 Å². The number of hydrogen-bond donors (Lipinski definition) is 0. The van der Waals surface area contributed by atoms with Crippen molar-refractivity contribution in [3.05, 3.63) is 76.5 Å². The zero-order valence-electron chi connectivity index (χ0n) is 16.7. The van der Waals surface area contributed by atoms with Crippen molar-refractivity contribution < 1.29 is 0 Å². The molecule has 140 valence electrons. The van der Waals surface area contributed by atoms with Gasteiger partial charge in [-0.2, -0.15) is 5.26 Å². The number of nitrogens with zero attached hydrogens (tertiary/aromatic N) is 5.